The van der Waals surface area contributed by atoms with Crippen LogP contribution >= 0.6 is 11.3 Å². The molecule has 0 aliphatic rings. The summed E-state index contributed by atoms with van der Waals surface area (Å²) in [4.78, 5) is 27.3. The maximum atomic E-state index is 11.5. The highest BCUT2D eigenvalue weighted by Crippen LogP contribution is 2.00. The van der Waals surface area contributed by atoms with E-state index in [2.05, 4.69) is 10.3 Å². The van der Waals surface area contributed by atoms with Gasteiger partial charge in [-0.3, -0.25) is 4.79 Å². The average Bonchev–Trinajstić information content (AvgIpc) is 2.78. The lowest BCUT2D eigenvalue weighted by Gasteiger charge is -2.16. The molecule has 0 fully saturated rings. The number of carboxylic acid groups (broad SMARTS) is 1. The van der Waals surface area contributed by atoms with Crippen molar-refractivity contribution in [2.45, 2.75) is 12.8 Å². The Morgan fingerprint density at radius 2 is 2.35 bits per heavy atom. The number of hydrogen-bond acceptors (Lipinski definition) is 4. The van der Waals surface area contributed by atoms with Gasteiger partial charge in [-0.15, -0.1) is 11.3 Å². The molecule has 6 nitrogen and oxygen atoms in total. The maximum absolute atomic E-state index is 11.5. The van der Waals surface area contributed by atoms with Crippen LogP contribution in [0.4, 0.5) is 4.79 Å². The van der Waals surface area contributed by atoms with Crippen molar-refractivity contribution in [3.05, 3.63) is 16.6 Å². The molecule has 1 heterocycles. The molecule has 7 heteroatoms. The lowest BCUT2D eigenvalue weighted by molar-refractivity contribution is -0.137. The molecule has 2 amide bonds. The fourth-order valence-corrected chi connectivity index (χ4v) is 1.75. The molecule has 0 aromatic carbocycles. The molecular formula is C10H15N3O3S. The predicted molar refractivity (Wildman–Crippen MR) is 64.1 cm³/mol. The van der Waals surface area contributed by atoms with E-state index in [0.29, 0.717) is 13.0 Å². The van der Waals surface area contributed by atoms with Crippen LogP contribution in [0.15, 0.2) is 10.9 Å². The van der Waals surface area contributed by atoms with Crippen LogP contribution in [-0.4, -0.2) is 47.1 Å². The van der Waals surface area contributed by atoms with E-state index < -0.39 is 5.97 Å². The van der Waals surface area contributed by atoms with Gasteiger partial charge in [0.1, 0.15) is 0 Å². The van der Waals surface area contributed by atoms with Crippen molar-refractivity contribution in [3.63, 3.8) is 0 Å². The molecule has 0 saturated carbocycles. The van der Waals surface area contributed by atoms with Crippen molar-refractivity contribution in [2.24, 2.45) is 0 Å². The van der Waals surface area contributed by atoms with Gasteiger partial charge >= 0.3 is 12.0 Å². The number of carbonyl (C=O) groups is 2. The highest BCUT2D eigenvalue weighted by molar-refractivity contribution is 7.07. The molecule has 0 bridgehead atoms. The molecule has 0 radical (unpaired) electrons. The number of carboxylic acids is 1. The molecule has 94 valence electrons. The van der Waals surface area contributed by atoms with Gasteiger partial charge in [-0.05, 0) is 0 Å². The van der Waals surface area contributed by atoms with Gasteiger partial charge in [-0.1, -0.05) is 0 Å². The number of nitrogens with zero attached hydrogens (tertiary/aromatic N) is 2. The van der Waals surface area contributed by atoms with E-state index in [0.717, 1.165) is 5.69 Å². The van der Waals surface area contributed by atoms with Gasteiger partial charge in [-0.2, -0.15) is 0 Å². The van der Waals surface area contributed by atoms with Gasteiger partial charge in [0.15, 0.2) is 0 Å². The lowest BCUT2D eigenvalue weighted by atomic mass is 10.3. The Morgan fingerprint density at radius 3 is 2.94 bits per heavy atom. The van der Waals surface area contributed by atoms with Gasteiger partial charge in [0.25, 0.3) is 0 Å². The van der Waals surface area contributed by atoms with E-state index in [4.69, 9.17) is 5.11 Å². The van der Waals surface area contributed by atoms with Gasteiger partial charge in [-0.25, -0.2) is 9.78 Å². The Morgan fingerprint density at radius 1 is 1.59 bits per heavy atom. The summed E-state index contributed by atoms with van der Waals surface area (Å²) in [6.45, 7) is 0.706. The molecule has 0 aliphatic heterocycles. The van der Waals surface area contributed by atoms with Crippen LogP contribution < -0.4 is 5.32 Å². The Balaban J connectivity index is 2.17. The largest absolute Gasteiger partial charge is 0.481 e. The maximum Gasteiger partial charge on any atom is 0.317 e. The third-order valence-corrected chi connectivity index (χ3v) is 2.78. The Hall–Kier alpha value is -1.63. The third kappa shape index (κ3) is 5.30. The summed E-state index contributed by atoms with van der Waals surface area (Å²) >= 11 is 1.52. The summed E-state index contributed by atoms with van der Waals surface area (Å²) in [5.41, 5.74) is 2.69. The van der Waals surface area contributed by atoms with Crippen LogP contribution in [0.3, 0.4) is 0 Å². The molecule has 0 aliphatic carbocycles. The zero-order valence-electron chi connectivity index (χ0n) is 9.55. The molecule has 0 saturated heterocycles. The molecule has 0 spiro atoms. The molecule has 2 N–H and O–H groups in total. The number of carbonyl (C=O) groups excluding carboxylic acids is 1. The summed E-state index contributed by atoms with van der Waals surface area (Å²) in [7, 11) is 1.57. The fourth-order valence-electron chi connectivity index (χ4n) is 1.16. The number of thiazole rings is 1. The number of aliphatic carboxylic acids is 1. The van der Waals surface area contributed by atoms with Crippen LogP contribution in [0.25, 0.3) is 0 Å². The number of hydrogen-bond donors (Lipinski definition) is 2. The van der Waals surface area contributed by atoms with E-state index >= 15 is 0 Å². The zero-order valence-corrected chi connectivity index (χ0v) is 10.4. The van der Waals surface area contributed by atoms with Crippen molar-refractivity contribution in [2.75, 3.05) is 20.1 Å². The number of nitrogens with one attached hydrogen (secondary N) is 1. The summed E-state index contributed by atoms with van der Waals surface area (Å²) in [6.07, 6.45) is 0.637. The summed E-state index contributed by atoms with van der Waals surface area (Å²) < 4.78 is 0. The van der Waals surface area contributed by atoms with E-state index in [1.54, 1.807) is 12.6 Å². The van der Waals surface area contributed by atoms with Gasteiger partial charge in [0.05, 0.1) is 17.6 Å². The number of amides is 2. The minimum absolute atomic E-state index is 0.0456. The van der Waals surface area contributed by atoms with Crippen molar-refractivity contribution in [1.82, 2.24) is 15.2 Å². The molecule has 1 aromatic heterocycles. The first-order valence-corrected chi connectivity index (χ1v) is 6.11. The molecule has 0 atom stereocenters. The first-order chi connectivity index (χ1) is 8.09. The molecule has 1 aromatic rings. The molecular weight excluding hydrogens is 242 g/mol. The smallest absolute Gasteiger partial charge is 0.317 e. The SMILES string of the molecule is CN(CCC(=O)O)C(=O)NCCc1cscn1. The molecule has 1 rings (SSSR count). The zero-order chi connectivity index (χ0) is 12.7. The van der Waals surface area contributed by atoms with Crippen LogP contribution in [0.2, 0.25) is 0 Å². The van der Waals surface area contributed by atoms with Crippen LogP contribution in [0.1, 0.15) is 12.1 Å². The average molecular weight is 257 g/mol. The lowest BCUT2D eigenvalue weighted by Crippen LogP contribution is -2.39. The van der Waals surface area contributed by atoms with Gasteiger partial charge < -0.3 is 15.3 Å². The third-order valence-electron chi connectivity index (χ3n) is 2.15. The van der Waals surface area contributed by atoms with E-state index in [1.165, 1.54) is 16.2 Å². The summed E-state index contributed by atoms with van der Waals surface area (Å²) in [5, 5.41) is 13.1. The molecule has 0 unspecified atom stereocenters. The Bertz CT molecular complexity index is 367. The highest BCUT2D eigenvalue weighted by Gasteiger charge is 2.09. The van der Waals surface area contributed by atoms with Crippen LogP contribution in [0, 0.1) is 0 Å². The fraction of sp³-hybridized carbons (Fsp3) is 0.500. The highest BCUT2D eigenvalue weighted by atomic mass is 32.1. The second-order valence-electron chi connectivity index (χ2n) is 3.53. The monoisotopic (exact) mass is 257 g/mol. The summed E-state index contributed by atoms with van der Waals surface area (Å²) in [6, 6.07) is -0.263. The normalized spacial score (nSPS) is 9.94. The van der Waals surface area contributed by atoms with E-state index in [-0.39, 0.29) is 19.0 Å². The predicted octanol–water partition coefficient (Wildman–Crippen LogP) is 0.802. The summed E-state index contributed by atoms with van der Waals surface area (Å²) in [5.74, 6) is -0.910. The number of aromatic nitrogens is 1. The number of rotatable bonds is 6. The van der Waals surface area contributed by atoms with Gasteiger partial charge in [0, 0.05) is 31.9 Å². The van der Waals surface area contributed by atoms with Crippen molar-refractivity contribution >= 4 is 23.3 Å². The Labute approximate surface area is 103 Å². The minimum atomic E-state index is -0.910. The van der Waals surface area contributed by atoms with Crippen LogP contribution in [0.5, 0.6) is 0 Å². The minimum Gasteiger partial charge on any atom is -0.481 e. The first-order valence-electron chi connectivity index (χ1n) is 5.17. The molecule has 17 heavy (non-hydrogen) atoms. The first kappa shape index (κ1) is 13.4. The van der Waals surface area contributed by atoms with Gasteiger partial charge in [0.2, 0.25) is 0 Å². The van der Waals surface area contributed by atoms with Crippen LogP contribution in [-0.2, 0) is 11.2 Å². The Kier molecular flexibility index (Phi) is 5.41. The van der Waals surface area contributed by atoms with E-state index in [1.807, 2.05) is 5.38 Å². The van der Waals surface area contributed by atoms with Crippen molar-refractivity contribution < 1.29 is 14.7 Å². The quantitative estimate of drug-likeness (QED) is 0.789. The second kappa shape index (κ2) is 6.85. The van der Waals surface area contributed by atoms with E-state index in [9.17, 15) is 9.59 Å². The second-order valence-corrected chi connectivity index (χ2v) is 4.25. The standard InChI is InChI=1S/C10H15N3O3S/c1-13(5-3-9(14)15)10(16)11-4-2-8-6-17-7-12-8/h6-7H,2-5H2,1H3,(H,11,16)(H,14,15). The van der Waals surface area contributed by atoms with Crippen molar-refractivity contribution in [3.8, 4) is 0 Å². The topological polar surface area (TPSA) is 82.5 Å². The van der Waals surface area contributed by atoms with Crippen molar-refractivity contribution in [1.29, 1.82) is 0 Å². The number of urea groups is 1.